The average molecular weight is 418 g/mol. The summed E-state index contributed by atoms with van der Waals surface area (Å²) in [4.78, 5) is 15.6. The summed E-state index contributed by atoms with van der Waals surface area (Å²) in [5.41, 5.74) is 5.50. The molecule has 2 aromatic carbocycles. The van der Waals surface area contributed by atoms with Crippen molar-refractivity contribution in [3.05, 3.63) is 98.7 Å². The number of aryl methyl sites for hydroxylation is 2. The van der Waals surface area contributed by atoms with Gasteiger partial charge in [0.2, 0.25) is 0 Å². The SMILES string of the molecule is Cc1cc(C)c(C2=NN(c3ccccc3F)[C@H](c3ccc(C(C)(C)C)cc3)C2)c(=O)[nH]1. The number of aromatic nitrogens is 1. The molecule has 0 radical (unpaired) electrons. The number of para-hydroxylation sites is 1. The summed E-state index contributed by atoms with van der Waals surface area (Å²) in [7, 11) is 0. The Bertz CT molecular complexity index is 1200. The molecule has 1 atom stereocenters. The van der Waals surface area contributed by atoms with Crippen LogP contribution in [0, 0.1) is 19.7 Å². The lowest BCUT2D eigenvalue weighted by Crippen LogP contribution is -2.21. The third-order valence-electron chi connectivity index (χ3n) is 5.82. The third kappa shape index (κ3) is 4.05. The summed E-state index contributed by atoms with van der Waals surface area (Å²) in [6.45, 7) is 10.3. The van der Waals surface area contributed by atoms with Crippen LogP contribution < -0.4 is 10.6 Å². The van der Waals surface area contributed by atoms with E-state index in [2.05, 4.69) is 50.0 Å². The molecule has 0 aliphatic carbocycles. The molecular formula is C26H28FN3O. The molecule has 0 unspecified atom stereocenters. The second kappa shape index (κ2) is 7.80. The Labute approximate surface area is 182 Å². The van der Waals surface area contributed by atoms with Crippen LogP contribution in [0.3, 0.4) is 0 Å². The number of hydrogen-bond acceptors (Lipinski definition) is 3. The number of nitrogens with zero attached hydrogens (tertiary/aromatic N) is 2. The first-order valence-corrected chi connectivity index (χ1v) is 10.6. The Morgan fingerprint density at radius 2 is 1.74 bits per heavy atom. The maximum Gasteiger partial charge on any atom is 0.257 e. The van der Waals surface area contributed by atoms with Crippen LogP contribution in [0.15, 0.2) is 64.5 Å². The molecule has 1 aliphatic rings. The van der Waals surface area contributed by atoms with Gasteiger partial charge in [-0.2, -0.15) is 5.10 Å². The second-order valence-electron chi connectivity index (χ2n) is 9.27. The Morgan fingerprint density at radius 3 is 2.35 bits per heavy atom. The van der Waals surface area contributed by atoms with Crippen molar-refractivity contribution in [1.29, 1.82) is 0 Å². The molecule has 0 spiro atoms. The number of anilines is 1. The maximum atomic E-state index is 14.7. The van der Waals surface area contributed by atoms with Gasteiger partial charge >= 0.3 is 0 Å². The Morgan fingerprint density at radius 1 is 1.06 bits per heavy atom. The fraction of sp³-hybridized carbons (Fsp3) is 0.308. The quantitative estimate of drug-likeness (QED) is 0.587. The predicted molar refractivity (Wildman–Crippen MR) is 124 cm³/mol. The zero-order valence-electron chi connectivity index (χ0n) is 18.7. The van der Waals surface area contributed by atoms with E-state index in [4.69, 9.17) is 5.10 Å². The highest BCUT2D eigenvalue weighted by Crippen LogP contribution is 2.38. The van der Waals surface area contributed by atoms with Gasteiger partial charge in [-0.25, -0.2) is 4.39 Å². The van der Waals surface area contributed by atoms with Crippen molar-refractivity contribution in [3.63, 3.8) is 0 Å². The van der Waals surface area contributed by atoms with E-state index in [1.165, 1.54) is 11.6 Å². The van der Waals surface area contributed by atoms with Gasteiger partial charge in [0.1, 0.15) is 5.82 Å². The van der Waals surface area contributed by atoms with Crippen molar-refractivity contribution in [2.75, 3.05) is 5.01 Å². The second-order valence-corrected chi connectivity index (χ2v) is 9.27. The van der Waals surface area contributed by atoms with Gasteiger partial charge in [0.05, 0.1) is 23.0 Å². The van der Waals surface area contributed by atoms with E-state index in [1.54, 1.807) is 23.2 Å². The van der Waals surface area contributed by atoms with Gasteiger partial charge in [0, 0.05) is 12.1 Å². The molecule has 0 fully saturated rings. The van der Waals surface area contributed by atoms with E-state index >= 15 is 0 Å². The molecule has 3 aromatic rings. The highest BCUT2D eigenvalue weighted by atomic mass is 19.1. The molecule has 2 heterocycles. The van der Waals surface area contributed by atoms with Crippen LogP contribution in [0.2, 0.25) is 0 Å². The first-order chi connectivity index (χ1) is 14.6. The zero-order chi connectivity index (χ0) is 22.3. The molecule has 1 aliphatic heterocycles. The number of nitrogens with one attached hydrogen (secondary N) is 1. The highest BCUT2D eigenvalue weighted by Gasteiger charge is 2.33. The van der Waals surface area contributed by atoms with Gasteiger partial charge in [-0.1, -0.05) is 57.2 Å². The standard InChI is InChI=1S/C26H28FN3O/c1-16-14-17(2)28-25(31)24(16)21-15-23(18-10-12-19(13-11-18)26(3,4)5)30(29-21)22-9-7-6-8-20(22)27/h6-14,23H,15H2,1-5H3,(H,28,31)/t23-/m0/s1. The summed E-state index contributed by atoms with van der Waals surface area (Å²) in [6, 6.07) is 16.8. The number of pyridine rings is 1. The van der Waals surface area contributed by atoms with Crippen LogP contribution in [0.4, 0.5) is 10.1 Å². The van der Waals surface area contributed by atoms with Crippen molar-refractivity contribution < 1.29 is 4.39 Å². The molecule has 0 saturated carbocycles. The van der Waals surface area contributed by atoms with Gasteiger partial charge in [0.15, 0.2) is 0 Å². The van der Waals surface area contributed by atoms with E-state index in [0.29, 0.717) is 23.4 Å². The largest absolute Gasteiger partial charge is 0.326 e. The van der Waals surface area contributed by atoms with E-state index in [-0.39, 0.29) is 22.8 Å². The minimum atomic E-state index is -0.335. The minimum Gasteiger partial charge on any atom is -0.326 e. The molecule has 0 saturated heterocycles. The molecule has 4 nitrogen and oxygen atoms in total. The number of rotatable bonds is 3. The van der Waals surface area contributed by atoms with Crippen molar-refractivity contribution in [2.24, 2.45) is 5.10 Å². The molecular weight excluding hydrogens is 389 g/mol. The fourth-order valence-corrected chi connectivity index (χ4v) is 4.20. The van der Waals surface area contributed by atoms with Crippen molar-refractivity contribution in [1.82, 2.24) is 4.98 Å². The Kier molecular flexibility index (Phi) is 5.29. The molecule has 160 valence electrons. The maximum absolute atomic E-state index is 14.7. The van der Waals surface area contributed by atoms with Gasteiger partial charge in [-0.3, -0.25) is 9.80 Å². The van der Waals surface area contributed by atoms with Crippen LogP contribution in [-0.4, -0.2) is 10.7 Å². The van der Waals surface area contributed by atoms with Crippen LogP contribution in [-0.2, 0) is 5.41 Å². The third-order valence-corrected chi connectivity index (χ3v) is 5.82. The first-order valence-electron chi connectivity index (χ1n) is 10.6. The van der Waals surface area contributed by atoms with E-state index < -0.39 is 0 Å². The smallest absolute Gasteiger partial charge is 0.257 e. The molecule has 1 aromatic heterocycles. The fourth-order valence-electron chi connectivity index (χ4n) is 4.20. The number of aromatic amines is 1. The molecule has 4 rings (SSSR count). The van der Waals surface area contributed by atoms with Crippen LogP contribution >= 0.6 is 0 Å². The van der Waals surface area contributed by atoms with E-state index in [9.17, 15) is 9.18 Å². The van der Waals surface area contributed by atoms with E-state index in [0.717, 1.165) is 16.8 Å². The van der Waals surface area contributed by atoms with E-state index in [1.807, 2.05) is 19.9 Å². The monoisotopic (exact) mass is 417 g/mol. The zero-order valence-corrected chi connectivity index (χ0v) is 18.7. The van der Waals surface area contributed by atoms with Gasteiger partial charge in [0.25, 0.3) is 5.56 Å². The molecule has 5 heteroatoms. The number of H-pyrrole nitrogens is 1. The molecule has 1 N–H and O–H groups in total. The highest BCUT2D eigenvalue weighted by molar-refractivity contribution is 6.04. The minimum absolute atomic E-state index is 0.0490. The summed E-state index contributed by atoms with van der Waals surface area (Å²) < 4.78 is 14.7. The van der Waals surface area contributed by atoms with Crippen molar-refractivity contribution in [3.8, 4) is 0 Å². The van der Waals surface area contributed by atoms with Gasteiger partial charge in [-0.05, 0) is 54.2 Å². The topological polar surface area (TPSA) is 48.5 Å². The molecule has 0 bridgehead atoms. The number of hydrazone groups is 1. The molecule has 0 amide bonds. The van der Waals surface area contributed by atoms with Gasteiger partial charge < -0.3 is 4.98 Å². The summed E-state index contributed by atoms with van der Waals surface area (Å²) in [5.74, 6) is -0.335. The van der Waals surface area contributed by atoms with Crippen LogP contribution in [0.25, 0.3) is 0 Å². The molecule has 31 heavy (non-hydrogen) atoms. The first kappa shape index (κ1) is 21.0. The number of halogens is 1. The number of hydrogen-bond donors (Lipinski definition) is 1. The van der Waals surface area contributed by atoms with Crippen molar-refractivity contribution >= 4 is 11.4 Å². The summed E-state index contributed by atoms with van der Waals surface area (Å²) in [6.07, 6.45) is 0.524. The normalized spacial score (nSPS) is 16.5. The van der Waals surface area contributed by atoms with Crippen LogP contribution in [0.5, 0.6) is 0 Å². The predicted octanol–water partition coefficient (Wildman–Crippen LogP) is 5.78. The average Bonchev–Trinajstić information content (AvgIpc) is 3.11. The summed E-state index contributed by atoms with van der Waals surface area (Å²) >= 11 is 0. The lowest BCUT2D eigenvalue weighted by Gasteiger charge is -2.25. The summed E-state index contributed by atoms with van der Waals surface area (Å²) in [5, 5.41) is 6.48. The lowest BCUT2D eigenvalue weighted by molar-refractivity contribution is 0.588. The Hall–Kier alpha value is -3.21. The van der Waals surface area contributed by atoms with Crippen LogP contribution in [0.1, 0.15) is 61.2 Å². The lowest BCUT2D eigenvalue weighted by atomic mass is 9.86. The van der Waals surface area contributed by atoms with Crippen molar-refractivity contribution in [2.45, 2.75) is 52.5 Å². The Balaban J connectivity index is 1.81. The van der Waals surface area contributed by atoms with Gasteiger partial charge in [-0.15, -0.1) is 0 Å². The number of benzene rings is 2.